The van der Waals surface area contributed by atoms with E-state index in [2.05, 4.69) is 51.3 Å². The van der Waals surface area contributed by atoms with Crippen molar-refractivity contribution in [2.45, 2.75) is 38.7 Å². The van der Waals surface area contributed by atoms with Gasteiger partial charge >= 0.3 is 6.18 Å². The van der Waals surface area contributed by atoms with Crippen molar-refractivity contribution in [1.82, 2.24) is 19.6 Å². The summed E-state index contributed by atoms with van der Waals surface area (Å²) in [6.07, 6.45) is -4.69. The number of alkyl halides is 3. The Kier molecular flexibility index (Phi) is 7.16. The van der Waals surface area contributed by atoms with Crippen molar-refractivity contribution in [2.24, 2.45) is 0 Å². The zero-order valence-corrected chi connectivity index (χ0v) is 20.2. The lowest BCUT2D eigenvalue weighted by atomic mass is 10.0. The SMILES string of the molecule is CN(C)C(=O)c1nn(CCC(F)(F)F)c2c1CN(Cc1ccc(N(C)c3ccccc3)cc1)CC2. The van der Waals surface area contributed by atoms with E-state index >= 15 is 0 Å². The summed E-state index contributed by atoms with van der Waals surface area (Å²) >= 11 is 0. The molecule has 0 radical (unpaired) electrons. The maximum atomic E-state index is 12.8. The second-order valence-electron chi connectivity index (χ2n) is 9.08. The molecule has 35 heavy (non-hydrogen) atoms. The average molecular weight is 486 g/mol. The first-order valence-electron chi connectivity index (χ1n) is 11.6. The number of amides is 1. The number of fused-ring (bicyclic) bond motifs is 1. The van der Waals surface area contributed by atoms with Crippen molar-refractivity contribution in [3.05, 3.63) is 77.1 Å². The number of hydrogen-bond acceptors (Lipinski definition) is 4. The van der Waals surface area contributed by atoms with Crippen LogP contribution in [0.5, 0.6) is 0 Å². The fourth-order valence-corrected chi connectivity index (χ4v) is 4.37. The highest BCUT2D eigenvalue weighted by atomic mass is 19.4. The van der Waals surface area contributed by atoms with Crippen LogP contribution >= 0.6 is 0 Å². The van der Waals surface area contributed by atoms with Gasteiger partial charge in [-0.15, -0.1) is 0 Å². The van der Waals surface area contributed by atoms with Crippen LogP contribution in [0.2, 0.25) is 0 Å². The summed E-state index contributed by atoms with van der Waals surface area (Å²) in [7, 11) is 5.27. The minimum atomic E-state index is -4.27. The van der Waals surface area contributed by atoms with Gasteiger partial charge in [-0.25, -0.2) is 0 Å². The molecule has 0 fully saturated rings. The molecule has 0 bridgehead atoms. The molecule has 1 aromatic heterocycles. The van der Waals surface area contributed by atoms with E-state index in [0.29, 0.717) is 26.1 Å². The van der Waals surface area contributed by atoms with Crippen LogP contribution in [0.15, 0.2) is 54.6 Å². The van der Waals surface area contributed by atoms with Gasteiger partial charge in [0.1, 0.15) is 0 Å². The summed E-state index contributed by atoms with van der Waals surface area (Å²) in [6, 6.07) is 18.4. The number of carbonyl (C=O) groups excluding carboxylic acids is 1. The van der Waals surface area contributed by atoms with E-state index in [1.165, 1.54) is 9.58 Å². The summed E-state index contributed by atoms with van der Waals surface area (Å²) in [5.41, 5.74) is 5.02. The molecule has 186 valence electrons. The van der Waals surface area contributed by atoms with Crippen LogP contribution in [0.4, 0.5) is 24.5 Å². The van der Waals surface area contributed by atoms with Gasteiger partial charge < -0.3 is 9.80 Å². The number of benzene rings is 2. The highest BCUT2D eigenvalue weighted by molar-refractivity contribution is 5.93. The van der Waals surface area contributed by atoms with Crippen LogP contribution in [0.1, 0.15) is 33.7 Å². The summed E-state index contributed by atoms with van der Waals surface area (Å²) in [5.74, 6) is -0.290. The first-order chi connectivity index (χ1) is 16.6. The average Bonchev–Trinajstić information content (AvgIpc) is 3.20. The molecule has 0 N–H and O–H groups in total. The number of anilines is 2. The molecule has 0 saturated heterocycles. The predicted octanol–water partition coefficient (Wildman–Crippen LogP) is 4.86. The quantitative estimate of drug-likeness (QED) is 0.479. The van der Waals surface area contributed by atoms with E-state index in [1.54, 1.807) is 14.1 Å². The number of hydrogen-bond donors (Lipinski definition) is 0. The Morgan fingerprint density at radius 2 is 1.66 bits per heavy atom. The maximum absolute atomic E-state index is 12.8. The smallest absolute Gasteiger partial charge is 0.345 e. The van der Waals surface area contributed by atoms with Crippen LogP contribution in [0.3, 0.4) is 0 Å². The van der Waals surface area contributed by atoms with E-state index in [1.807, 2.05) is 25.2 Å². The molecule has 0 spiro atoms. The third-order valence-corrected chi connectivity index (χ3v) is 6.30. The first kappa shape index (κ1) is 24.8. The summed E-state index contributed by atoms with van der Waals surface area (Å²) in [4.78, 5) is 18.5. The third-order valence-electron chi connectivity index (χ3n) is 6.30. The first-order valence-corrected chi connectivity index (χ1v) is 11.6. The number of halogens is 3. The highest BCUT2D eigenvalue weighted by Gasteiger charge is 2.32. The third kappa shape index (κ3) is 5.85. The molecular weight excluding hydrogens is 455 g/mol. The molecule has 4 rings (SSSR count). The molecule has 0 saturated carbocycles. The Morgan fingerprint density at radius 1 is 1.00 bits per heavy atom. The van der Waals surface area contributed by atoms with Crippen molar-refractivity contribution < 1.29 is 18.0 Å². The topological polar surface area (TPSA) is 44.6 Å². The predicted molar refractivity (Wildman–Crippen MR) is 130 cm³/mol. The minimum absolute atomic E-state index is 0.247. The van der Waals surface area contributed by atoms with E-state index in [4.69, 9.17) is 0 Å². The van der Waals surface area contributed by atoms with Crippen molar-refractivity contribution in [3.8, 4) is 0 Å². The van der Waals surface area contributed by atoms with E-state index in [-0.39, 0.29) is 18.1 Å². The molecular formula is C26H30F3N5O. The van der Waals surface area contributed by atoms with Crippen molar-refractivity contribution in [3.63, 3.8) is 0 Å². The lowest BCUT2D eigenvalue weighted by Crippen LogP contribution is -2.32. The molecule has 9 heteroatoms. The Labute approximate surface area is 203 Å². The molecule has 1 amide bonds. The van der Waals surface area contributed by atoms with Crippen LogP contribution in [0.25, 0.3) is 0 Å². The maximum Gasteiger partial charge on any atom is 0.390 e. The number of rotatable bonds is 7. The number of aryl methyl sites for hydroxylation is 1. The zero-order chi connectivity index (χ0) is 25.2. The van der Waals surface area contributed by atoms with Gasteiger partial charge in [0, 0.05) is 76.4 Å². The summed E-state index contributed by atoms with van der Waals surface area (Å²) < 4.78 is 39.8. The number of aromatic nitrogens is 2. The van der Waals surface area contributed by atoms with E-state index in [0.717, 1.165) is 28.2 Å². The molecule has 2 heterocycles. The van der Waals surface area contributed by atoms with Crippen molar-refractivity contribution in [1.29, 1.82) is 0 Å². The Bertz CT molecular complexity index is 1160. The molecule has 6 nitrogen and oxygen atoms in total. The Balaban J connectivity index is 1.49. The Hall–Kier alpha value is -3.33. The fourth-order valence-electron chi connectivity index (χ4n) is 4.37. The molecule has 0 aliphatic carbocycles. The standard InChI is InChI=1S/C26H30F3N5O/c1-31(2)25(35)24-22-18-33(15-13-23(22)34(30-24)16-14-26(27,28)29)17-19-9-11-21(12-10-19)32(3)20-7-5-4-6-8-20/h4-12H,13-18H2,1-3H3. The van der Waals surface area contributed by atoms with E-state index < -0.39 is 12.6 Å². The molecule has 0 atom stereocenters. The summed E-state index contributed by atoms with van der Waals surface area (Å²) in [5, 5.41) is 4.31. The van der Waals surface area contributed by atoms with Gasteiger partial charge in [-0.3, -0.25) is 14.4 Å². The van der Waals surface area contributed by atoms with Crippen LogP contribution in [-0.2, 0) is 26.1 Å². The summed E-state index contributed by atoms with van der Waals surface area (Å²) in [6.45, 7) is 1.56. The Morgan fingerprint density at radius 3 is 2.29 bits per heavy atom. The normalized spacial score (nSPS) is 14.0. The highest BCUT2D eigenvalue weighted by Crippen LogP contribution is 2.28. The van der Waals surface area contributed by atoms with Crippen molar-refractivity contribution in [2.75, 3.05) is 32.6 Å². The molecule has 3 aromatic rings. The number of nitrogens with zero attached hydrogens (tertiary/aromatic N) is 5. The monoisotopic (exact) mass is 485 g/mol. The second-order valence-corrected chi connectivity index (χ2v) is 9.08. The number of para-hydroxylation sites is 1. The lowest BCUT2D eigenvalue weighted by Gasteiger charge is -2.28. The molecule has 1 aliphatic rings. The molecule has 2 aromatic carbocycles. The van der Waals surface area contributed by atoms with Crippen LogP contribution in [-0.4, -0.2) is 59.4 Å². The lowest BCUT2D eigenvalue weighted by molar-refractivity contribution is -0.137. The molecule has 1 aliphatic heterocycles. The van der Waals surface area contributed by atoms with Crippen molar-refractivity contribution >= 4 is 17.3 Å². The second kappa shape index (κ2) is 10.1. The minimum Gasteiger partial charge on any atom is -0.345 e. The van der Waals surface area contributed by atoms with Crippen LogP contribution < -0.4 is 4.90 Å². The van der Waals surface area contributed by atoms with Gasteiger partial charge in [-0.05, 0) is 29.8 Å². The van der Waals surface area contributed by atoms with Gasteiger partial charge in [-0.2, -0.15) is 18.3 Å². The van der Waals surface area contributed by atoms with Crippen LogP contribution in [0, 0.1) is 0 Å². The van der Waals surface area contributed by atoms with E-state index in [9.17, 15) is 18.0 Å². The van der Waals surface area contributed by atoms with Gasteiger partial charge in [-0.1, -0.05) is 30.3 Å². The fraction of sp³-hybridized carbons (Fsp3) is 0.385. The van der Waals surface area contributed by atoms with Gasteiger partial charge in [0.2, 0.25) is 0 Å². The molecule has 0 unspecified atom stereocenters. The van der Waals surface area contributed by atoms with Gasteiger partial charge in [0.25, 0.3) is 5.91 Å². The largest absolute Gasteiger partial charge is 0.390 e. The number of carbonyl (C=O) groups is 1. The van der Waals surface area contributed by atoms with Gasteiger partial charge in [0.15, 0.2) is 5.69 Å². The van der Waals surface area contributed by atoms with Gasteiger partial charge in [0.05, 0.1) is 6.42 Å². The zero-order valence-electron chi connectivity index (χ0n) is 20.2.